The number of hydrogen-bond donors (Lipinski definition) is 0. The second-order valence-electron chi connectivity index (χ2n) is 5.34. The van der Waals surface area contributed by atoms with Gasteiger partial charge in [0.25, 0.3) is 0 Å². The summed E-state index contributed by atoms with van der Waals surface area (Å²) in [5.41, 5.74) is 0.489. The Kier molecular flexibility index (Phi) is 2.53. The molecule has 1 aliphatic carbocycles. The Morgan fingerprint density at radius 1 is 1.17 bits per heavy atom. The van der Waals surface area contributed by atoms with Crippen LogP contribution in [0.15, 0.2) is 0 Å². The molecule has 0 N–H and O–H groups in total. The van der Waals surface area contributed by atoms with E-state index in [1.54, 1.807) is 0 Å². The molecule has 1 rings (SSSR count). The van der Waals surface area contributed by atoms with Gasteiger partial charge in [0.05, 0.1) is 0 Å². The highest BCUT2D eigenvalue weighted by Gasteiger charge is 2.45. The maximum atomic E-state index is 2.41. The molecule has 1 fully saturated rings. The van der Waals surface area contributed by atoms with Crippen molar-refractivity contribution in [1.82, 2.24) is 4.90 Å². The summed E-state index contributed by atoms with van der Waals surface area (Å²) in [5, 5.41) is 0. The van der Waals surface area contributed by atoms with Gasteiger partial charge in [0.15, 0.2) is 0 Å². The van der Waals surface area contributed by atoms with Crippen molar-refractivity contribution in [2.24, 2.45) is 17.3 Å². The second kappa shape index (κ2) is 3.02. The van der Waals surface area contributed by atoms with E-state index in [2.05, 4.69) is 46.7 Å². The summed E-state index contributed by atoms with van der Waals surface area (Å²) in [4.78, 5) is 2.40. The van der Waals surface area contributed by atoms with Gasteiger partial charge in [0.2, 0.25) is 0 Å². The van der Waals surface area contributed by atoms with Gasteiger partial charge in [0.1, 0.15) is 0 Å². The van der Waals surface area contributed by atoms with E-state index in [4.69, 9.17) is 0 Å². The smallest absolute Gasteiger partial charge is 0.0169 e. The Hall–Kier alpha value is -0.0400. The first-order valence-corrected chi connectivity index (χ1v) is 5.03. The Morgan fingerprint density at radius 2 is 1.67 bits per heavy atom. The van der Waals surface area contributed by atoms with Gasteiger partial charge in [-0.05, 0) is 37.8 Å². The molecule has 0 aromatic rings. The molecule has 0 aromatic heterocycles. The third kappa shape index (κ3) is 1.39. The van der Waals surface area contributed by atoms with E-state index in [9.17, 15) is 0 Å². The zero-order chi connectivity index (χ0) is 9.52. The summed E-state index contributed by atoms with van der Waals surface area (Å²) in [6, 6.07) is 0.757. The SMILES string of the molecule is CC1CC(C)C(C)(C)[C@H]1N(C)C. The van der Waals surface area contributed by atoms with Gasteiger partial charge in [-0.15, -0.1) is 0 Å². The molecule has 0 aromatic carbocycles. The highest BCUT2D eigenvalue weighted by molar-refractivity contribution is 4.98. The molecule has 72 valence electrons. The van der Waals surface area contributed by atoms with Gasteiger partial charge < -0.3 is 4.90 Å². The Balaban J connectivity index is 2.83. The minimum absolute atomic E-state index is 0.489. The van der Waals surface area contributed by atoms with Crippen molar-refractivity contribution in [2.75, 3.05) is 14.1 Å². The van der Waals surface area contributed by atoms with E-state index >= 15 is 0 Å². The van der Waals surface area contributed by atoms with E-state index < -0.39 is 0 Å². The average molecular weight is 169 g/mol. The van der Waals surface area contributed by atoms with Gasteiger partial charge in [0, 0.05) is 6.04 Å². The standard InChI is InChI=1S/C11H23N/c1-8-7-9(2)11(3,4)10(8)12(5)6/h8-10H,7H2,1-6H3/t8?,9?,10-/m0/s1. The molecule has 1 heteroatoms. The first-order chi connectivity index (χ1) is 5.37. The number of hydrogen-bond acceptors (Lipinski definition) is 1. The summed E-state index contributed by atoms with van der Waals surface area (Å²) < 4.78 is 0. The van der Waals surface area contributed by atoms with E-state index in [0.29, 0.717) is 5.41 Å². The summed E-state index contributed by atoms with van der Waals surface area (Å²) in [6.45, 7) is 9.59. The van der Waals surface area contributed by atoms with Gasteiger partial charge in [-0.25, -0.2) is 0 Å². The zero-order valence-electron chi connectivity index (χ0n) is 9.39. The van der Waals surface area contributed by atoms with Gasteiger partial charge in [-0.2, -0.15) is 0 Å². The Labute approximate surface area is 77.1 Å². The maximum absolute atomic E-state index is 2.41. The zero-order valence-corrected chi connectivity index (χ0v) is 9.39. The highest BCUT2D eigenvalue weighted by Crippen LogP contribution is 2.47. The van der Waals surface area contributed by atoms with Crippen molar-refractivity contribution in [3.63, 3.8) is 0 Å². The number of rotatable bonds is 1. The fourth-order valence-corrected chi connectivity index (χ4v) is 3.19. The van der Waals surface area contributed by atoms with Crippen LogP contribution in [0, 0.1) is 17.3 Å². The summed E-state index contributed by atoms with van der Waals surface area (Å²) in [5.74, 6) is 1.71. The minimum atomic E-state index is 0.489. The monoisotopic (exact) mass is 169 g/mol. The molecule has 0 saturated heterocycles. The molecular weight excluding hydrogens is 146 g/mol. The molecule has 0 radical (unpaired) electrons. The van der Waals surface area contributed by atoms with Gasteiger partial charge in [-0.3, -0.25) is 0 Å². The lowest BCUT2D eigenvalue weighted by Gasteiger charge is -2.37. The third-order valence-electron chi connectivity index (χ3n) is 3.85. The Morgan fingerprint density at radius 3 is 1.83 bits per heavy atom. The van der Waals surface area contributed by atoms with E-state index in [1.165, 1.54) is 6.42 Å². The molecule has 0 amide bonds. The van der Waals surface area contributed by atoms with Crippen LogP contribution in [0.2, 0.25) is 0 Å². The molecule has 0 spiro atoms. The van der Waals surface area contributed by atoms with Crippen molar-refractivity contribution in [2.45, 2.75) is 40.2 Å². The lowest BCUT2D eigenvalue weighted by atomic mass is 9.79. The normalized spacial score (nSPS) is 40.8. The predicted molar refractivity (Wildman–Crippen MR) is 54.2 cm³/mol. The molecule has 1 nitrogen and oxygen atoms in total. The van der Waals surface area contributed by atoms with Gasteiger partial charge >= 0.3 is 0 Å². The van der Waals surface area contributed by atoms with Crippen molar-refractivity contribution in [3.8, 4) is 0 Å². The second-order valence-corrected chi connectivity index (χ2v) is 5.34. The van der Waals surface area contributed by atoms with Crippen LogP contribution in [0.3, 0.4) is 0 Å². The van der Waals surface area contributed by atoms with Crippen molar-refractivity contribution >= 4 is 0 Å². The van der Waals surface area contributed by atoms with Crippen LogP contribution in [0.1, 0.15) is 34.1 Å². The molecule has 1 saturated carbocycles. The van der Waals surface area contributed by atoms with Crippen LogP contribution in [-0.4, -0.2) is 25.0 Å². The van der Waals surface area contributed by atoms with Crippen LogP contribution in [0.4, 0.5) is 0 Å². The van der Waals surface area contributed by atoms with E-state index in [0.717, 1.165) is 17.9 Å². The summed E-state index contributed by atoms with van der Waals surface area (Å²) >= 11 is 0. The summed E-state index contributed by atoms with van der Waals surface area (Å²) in [7, 11) is 4.42. The third-order valence-corrected chi connectivity index (χ3v) is 3.85. The molecule has 1 aliphatic rings. The van der Waals surface area contributed by atoms with Crippen LogP contribution in [0.25, 0.3) is 0 Å². The molecule has 12 heavy (non-hydrogen) atoms. The minimum Gasteiger partial charge on any atom is -0.306 e. The quantitative estimate of drug-likeness (QED) is 0.583. The first-order valence-electron chi connectivity index (χ1n) is 5.03. The van der Waals surface area contributed by atoms with Crippen molar-refractivity contribution in [3.05, 3.63) is 0 Å². The molecule has 2 unspecified atom stereocenters. The largest absolute Gasteiger partial charge is 0.306 e. The van der Waals surface area contributed by atoms with E-state index in [1.807, 2.05) is 0 Å². The fourth-order valence-electron chi connectivity index (χ4n) is 3.19. The maximum Gasteiger partial charge on any atom is 0.0169 e. The Bertz CT molecular complexity index is 160. The highest BCUT2D eigenvalue weighted by atomic mass is 15.1. The van der Waals surface area contributed by atoms with Crippen molar-refractivity contribution in [1.29, 1.82) is 0 Å². The van der Waals surface area contributed by atoms with Crippen LogP contribution in [-0.2, 0) is 0 Å². The molecule has 3 atom stereocenters. The molecular formula is C11H23N. The lowest BCUT2D eigenvalue weighted by molar-refractivity contribution is 0.117. The molecule has 0 heterocycles. The van der Waals surface area contributed by atoms with Crippen LogP contribution < -0.4 is 0 Å². The first kappa shape index (κ1) is 10.0. The fraction of sp³-hybridized carbons (Fsp3) is 1.00. The van der Waals surface area contributed by atoms with Crippen LogP contribution >= 0.6 is 0 Å². The summed E-state index contributed by atoms with van der Waals surface area (Å²) in [6.07, 6.45) is 1.38. The predicted octanol–water partition coefficient (Wildman–Crippen LogP) is 2.62. The van der Waals surface area contributed by atoms with E-state index in [-0.39, 0.29) is 0 Å². The topological polar surface area (TPSA) is 3.24 Å². The number of nitrogens with zero attached hydrogens (tertiary/aromatic N) is 1. The van der Waals surface area contributed by atoms with Gasteiger partial charge in [-0.1, -0.05) is 27.7 Å². The average Bonchev–Trinajstić information content (AvgIpc) is 2.02. The molecule has 0 bridgehead atoms. The molecule has 0 aliphatic heterocycles. The van der Waals surface area contributed by atoms with Crippen molar-refractivity contribution < 1.29 is 0 Å². The lowest BCUT2D eigenvalue weighted by Crippen LogP contribution is -2.41. The van der Waals surface area contributed by atoms with Crippen LogP contribution in [0.5, 0.6) is 0 Å².